The van der Waals surface area contributed by atoms with Crippen molar-refractivity contribution in [2.45, 2.75) is 44.4 Å². The van der Waals surface area contributed by atoms with Gasteiger partial charge in [0.1, 0.15) is 22.8 Å². The number of halogens is 3. The first-order chi connectivity index (χ1) is 18.0. The molecule has 0 unspecified atom stereocenters. The van der Waals surface area contributed by atoms with Crippen molar-refractivity contribution < 1.29 is 31.2 Å². The summed E-state index contributed by atoms with van der Waals surface area (Å²) in [6.07, 6.45) is -2.47. The molecule has 2 amide bonds. The number of carbonyl (C=O) groups excluding carboxylic acids is 2. The van der Waals surface area contributed by atoms with Gasteiger partial charge in [0.25, 0.3) is 5.91 Å². The number of hydrogen-bond acceptors (Lipinski definition) is 8. The molecule has 2 N–H and O–H groups in total. The molecular formula is C23H25F3N8O4S. The maximum absolute atomic E-state index is 13.2. The maximum atomic E-state index is 13.2. The second-order valence-electron chi connectivity index (χ2n) is 9.68. The van der Waals surface area contributed by atoms with Gasteiger partial charge in [-0.25, -0.2) is 27.9 Å². The zero-order chi connectivity index (χ0) is 28.9. The third-order valence-electron chi connectivity index (χ3n) is 5.60. The zero-order valence-corrected chi connectivity index (χ0v) is 22.4. The van der Waals surface area contributed by atoms with E-state index in [4.69, 9.17) is 0 Å². The lowest BCUT2D eigenvalue weighted by molar-refractivity contribution is -0.141. The van der Waals surface area contributed by atoms with Crippen LogP contribution in [0.3, 0.4) is 0 Å². The molecule has 0 spiro atoms. The Morgan fingerprint density at radius 2 is 1.82 bits per heavy atom. The van der Waals surface area contributed by atoms with Gasteiger partial charge in [0, 0.05) is 18.8 Å². The van der Waals surface area contributed by atoms with Gasteiger partial charge in [0.2, 0.25) is 5.91 Å². The molecule has 0 fully saturated rings. The molecule has 0 aliphatic rings. The number of sulfone groups is 1. The molecule has 208 valence electrons. The number of amides is 2. The van der Waals surface area contributed by atoms with Gasteiger partial charge in [-0.15, -0.1) is 0 Å². The second kappa shape index (κ2) is 9.59. The van der Waals surface area contributed by atoms with Crippen molar-refractivity contribution in [2.75, 3.05) is 12.3 Å². The fraction of sp³-hybridized carbons (Fsp3) is 0.391. The summed E-state index contributed by atoms with van der Waals surface area (Å²) in [7, 11) is -2.55. The van der Waals surface area contributed by atoms with E-state index >= 15 is 0 Å². The Hall–Kier alpha value is -4.08. The molecule has 0 atom stereocenters. The van der Waals surface area contributed by atoms with Gasteiger partial charge in [-0.2, -0.15) is 18.3 Å². The van der Waals surface area contributed by atoms with Crippen LogP contribution in [0.5, 0.6) is 0 Å². The predicted molar refractivity (Wildman–Crippen MR) is 133 cm³/mol. The molecule has 0 saturated carbocycles. The SMILES string of the molecule is CCS(=O)(=O)c1nn2c(C(=O)NCC(=O)NC(C)(C)C)ccnc2c1-c1nc2cc(C(F)(F)F)ncc2n1C. The average Bonchev–Trinajstić information content (AvgIpc) is 3.38. The Labute approximate surface area is 220 Å². The maximum Gasteiger partial charge on any atom is 0.433 e. The second-order valence-corrected chi connectivity index (χ2v) is 11.9. The van der Waals surface area contributed by atoms with E-state index in [9.17, 15) is 31.2 Å². The Kier molecular flexibility index (Phi) is 6.87. The Balaban J connectivity index is 1.87. The molecule has 0 radical (unpaired) electrons. The van der Waals surface area contributed by atoms with Crippen molar-refractivity contribution in [1.29, 1.82) is 0 Å². The normalized spacial score (nSPS) is 12.7. The number of nitrogens with one attached hydrogen (secondary N) is 2. The van der Waals surface area contributed by atoms with Crippen LogP contribution < -0.4 is 10.6 Å². The summed E-state index contributed by atoms with van der Waals surface area (Å²) >= 11 is 0. The first-order valence-corrected chi connectivity index (χ1v) is 13.3. The Morgan fingerprint density at radius 1 is 1.13 bits per heavy atom. The van der Waals surface area contributed by atoms with Gasteiger partial charge >= 0.3 is 6.18 Å². The lowest BCUT2D eigenvalue weighted by Crippen LogP contribution is -2.46. The van der Waals surface area contributed by atoms with Crippen molar-refractivity contribution in [3.05, 3.63) is 35.9 Å². The third-order valence-corrected chi connectivity index (χ3v) is 7.23. The van der Waals surface area contributed by atoms with E-state index in [1.165, 1.54) is 30.8 Å². The summed E-state index contributed by atoms with van der Waals surface area (Å²) < 4.78 is 68.1. The highest BCUT2D eigenvalue weighted by Crippen LogP contribution is 2.34. The minimum atomic E-state index is -4.71. The minimum Gasteiger partial charge on any atom is -0.350 e. The van der Waals surface area contributed by atoms with Crippen molar-refractivity contribution >= 4 is 38.3 Å². The van der Waals surface area contributed by atoms with Crippen molar-refractivity contribution in [2.24, 2.45) is 7.05 Å². The molecule has 0 aromatic carbocycles. The van der Waals surface area contributed by atoms with Gasteiger partial charge in [0.15, 0.2) is 20.5 Å². The van der Waals surface area contributed by atoms with Crippen LogP contribution in [0.4, 0.5) is 13.2 Å². The molecule has 4 heterocycles. The number of aromatic nitrogens is 6. The number of imidazole rings is 1. The quantitative estimate of drug-likeness (QED) is 0.360. The van der Waals surface area contributed by atoms with Crippen LogP contribution in [-0.2, 0) is 27.9 Å². The van der Waals surface area contributed by atoms with Crippen LogP contribution in [0.25, 0.3) is 28.1 Å². The van der Waals surface area contributed by atoms with E-state index in [1.54, 1.807) is 20.8 Å². The number of carbonyl (C=O) groups is 2. The largest absolute Gasteiger partial charge is 0.433 e. The van der Waals surface area contributed by atoms with E-state index in [0.29, 0.717) is 0 Å². The molecule has 0 aliphatic heterocycles. The molecule has 0 aliphatic carbocycles. The lowest BCUT2D eigenvalue weighted by Gasteiger charge is -2.20. The molecule has 4 rings (SSSR count). The van der Waals surface area contributed by atoms with Crippen LogP contribution >= 0.6 is 0 Å². The molecule has 39 heavy (non-hydrogen) atoms. The van der Waals surface area contributed by atoms with Crippen LogP contribution in [0.15, 0.2) is 29.6 Å². The van der Waals surface area contributed by atoms with E-state index in [1.807, 2.05) is 0 Å². The third kappa shape index (κ3) is 5.41. The number of pyridine rings is 1. The van der Waals surface area contributed by atoms with Crippen LogP contribution in [0.2, 0.25) is 0 Å². The van der Waals surface area contributed by atoms with Crippen LogP contribution in [0.1, 0.15) is 43.9 Å². The first-order valence-electron chi connectivity index (χ1n) is 11.6. The van der Waals surface area contributed by atoms with Gasteiger partial charge in [0.05, 0.1) is 29.5 Å². The average molecular weight is 567 g/mol. The Morgan fingerprint density at radius 3 is 2.44 bits per heavy atom. The summed E-state index contributed by atoms with van der Waals surface area (Å²) in [6, 6.07) is 2.05. The number of hydrogen-bond donors (Lipinski definition) is 2. The standard InChI is InChI=1S/C23H25F3N8O4S/c1-6-39(37,38)21-17(19-30-12-9-15(23(24,25)26)28-10-14(12)33(19)5)18-27-8-7-13(34(18)32-21)20(36)29-11-16(35)31-22(2,3)4/h7-10H,6,11H2,1-5H3,(H,29,36)(H,31,35). The van der Waals surface area contributed by atoms with Crippen molar-refractivity contribution in [3.8, 4) is 11.4 Å². The zero-order valence-electron chi connectivity index (χ0n) is 21.6. The summed E-state index contributed by atoms with van der Waals surface area (Å²) in [4.78, 5) is 37.1. The number of rotatable bonds is 6. The van der Waals surface area contributed by atoms with E-state index in [-0.39, 0.29) is 46.1 Å². The van der Waals surface area contributed by atoms with Gasteiger partial charge < -0.3 is 15.2 Å². The molecule has 12 nitrogen and oxygen atoms in total. The predicted octanol–water partition coefficient (Wildman–Crippen LogP) is 2.13. The van der Waals surface area contributed by atoms with E-state index in [0.717, 1.165) is 16.8 Å². The number of alkyl halides is 3. The smallest absolute Gasteiger partial charge is 0.350 e. The minimum absolute atomic E-state index is 0.0391. The fourth-order valence-electron chi connectivity index (χ4n) is 3.83. The molecule has 4 aromatic rings. The monoisotopic (exact) mass is 566 g/mol. The molecule has 4 aromatic heterocycles. The van der Waals surface area contributed by atoms with Crippen LogP contribution in [0, 0.1) is 0 Å². The van der Waals surface area contributed by atoms with E-state index in [2.05, 4.69) is 30.7 Å². The highest BCUT2D eigenvalue weighted by Gasteiger charge is 2.34. The number of fused-ring (bicyclic) bond motifs is 2. The summed E-state index contributed by atoms with van der Waals surface area (Å²) in [5.74, 6) is -1.57. The van der Waals surface area contributed by atoms with Gasteiger partial charge in [-0.3, -0.25) is 9.59 Å². The first kappa shape index (κ1) is 27.9. The summed E-state index contributed by atoms with van der Waals surface area (Å²) in [5.41, 5.74) is -1.84. The van der Waals surface area contributed by atoms with Gasteiger partial charge in [-0.05, 0) is 32.9 Å². The molecule has 16 heteroatoms. The van der Waals surface area contributed by atoms with Crippen molar-refractivity contribution in [3.63, 3.8) is 0 Å². The summed E-state index contributed by atoms with van der Waals surface area (Å²) in [6.45, 7) is 6.38. The lowest BCUT2D eigenvalue weighted by atomic mass is 10.1. The Bertz CT molecular complexity index is 1720. The number of nitrogens with zero attached hydrogens (tertiary/aromatic N) is 6. The topological polar surface area (TPSA) is 153 Å². The highest BCUT2D eigenvalue weighted by atomic mass is 32.2. The fourth-order valence-corrected chi connectivity index (χ4v) is 4.80. The molecule has 0 bridgehead atoms. The molecule has 0 saturated heterocycles. The number of aryl methyl sites for hydroxylation is 1. The van der Waals surface area contributed by atoms with Gasteiger partial charge in [-0.1, -0.05) is 6.92 Å². The van der Waals surface area contributed by atoms with Crippen LogP contribution in [-0.4, -0.2) is 67.2 Å². The summed E-state index contributed by atoms with van der Waals surface area (Å²) in [5, 5.41) is 8.88. The van der Waals surface area contributed by atoms with E-state index < -0.39 is 44.1 Å². The molecular weight excluding hydrogens is 541 g/mol. The van der Waals surface area contributed by atoms with Crippen molar-refractivity contribution in [1.82, 2.24) is 39.8 Å². The highest BCUT2D eigenvalue weighted by molar-refractivity contribution is 7.91.